The van der Waals surface area contributed by atoms with Crippen molar-refractivity contribution < 1.29 is 23.9 Å². The monoisotopic (exact) mass is 585 g/mol. The molecule has 44 heavy (non-hydrogen) atoms. The Kier molecular flexibility index (Phi) is 6.77. The summed E-state index contributed by atoms with van der Waals surface area (Å²) in [5, 5.41) is 4.49. The Morgan fingerprint density at radius 3 is 2.23 bits per heavy atom. The fourth-order valence-electron chi connectivity index (χ4n) is 7.24. The van der Waals surface area contributed by atoms with E-state index in [0.717, 1.165) is 28.7 Å². The maximum absolute atomic E-state index is 14.5. The number of carbonyl (C=O) groups excluding carboxylic acids is 3. The van der Waals surface area contributed by atoms with E-state index in [-0.39, 0.29) is 17.7 Å². The molecule has 1 heterocycles. The molecular formula is C36H31N3O5. The van der Waals surface area contributed by atoms with Gasteiger partial charge < -0.3 is 9.47 Å². The molecule has 1 aliphatic heterocycles. The van der Waals surface area contributed by atoms with Crippen molar-refractivity contribution in [1.29, 1.82) is 0 Å². The number of anilines is 1. The van der Waals surface area contributed by atoms with Gasteiger partial charge in [0.2, 0.25) is 11.8 Å². The molecule has 8 rings (SSSR count). The van der Waals surface area contributed by atoms with E-state index in [4.69, 9.17) is 9.47 Å². The van der Waals surface area contributed by atoms with Crippen LogP contribution in [0.2, 0.25) is 0 Å². The zero-order valence-corrected chi connectivity index (χ0v) is 24.4. The third kappa shape index (κ3) is 4.05. The Morgan fingerprint density at radius 1 is 0.886 bits per heavy atom. The van der Waals surface area contributed by atoms with Gasteiger partial charge in [0.05, 0.1) is 36.7 Å². The molecule has 1 N–H and O–H groups in total. The van der Waals surface area contributed by atoms with Crippen molar-refractivity contribution in [3.05, 3.63) is 125 Å². The molecular weight excluding hydrogens is 554 g/mol. The normalized spacial score (nSPS) is 22.9. The first-order valence-electron chi connectivity index (χ1n) is 14.8. The van der Waals surface area contributed by atoms with Crippen molar-refractivity contribution in [2.45, 2.75) is 24.7 Å². The van der Waals surface area contributed by atoms with E-state index in [0.29, 0.717) is 29.4 Å². The van der Waals surface area contributed by atoms with Gasteiger partial charge in [-0.25, -0.2) is 10.3 Å². The quantitative estimate of drug-likeness (QED) is 0.169. The van der Waals surface area contributed by atoms with E-state index in [1.165, 1.54) is 12.0 Å². The highest BCUT2D eigenvalue weighted by Crippen LogP contribution is 2.63. The zero-order valence-electron chi connectivity index (χ0n) is 24.4. The topological polar surface area (TPSA) is 97.3 Å². The molecule has 0 spiro atoms. The molecule has 2 bridgehead atoms. The van der Waals surface area contributed by atoms with Crippen molar-refractivity contribution in [3.63, 3.8) is 0 Å². The maximum Gasteiger partial charge on any atom is 0.271 e. The number of hydrogen-bond acceptors (Lipinski definition) is 6. The fourth-order valence-corrected chi connectivity index (χ4v) is 7.24. The van der Waals surface area contributed by atoms with Gasteiger partial charge >= 0.3 is 0 Å². The molecule has 8 heteroatoms. The number of nitrogens with one attached hydrogen (secondary N) is 1. The number of methoxy groups -OCH3 is 1. The summed E-state index contributed by atoms with van der Waals surface area (Å²) in [5.74, 6) is -1.39. The number of benzene rings is 4. The summed E-state index contributed by atoms with van der Waals surface area (Å²) >= 11 is 0. The molecule has 3 aliphatic carbocycles. The van der Waals surface area contributed by atoms with Gasteiger partial charge in [-0.2, -0.15) is 5.10 Å². The van der Waals surface area contributed by atoms with Crippen molar-refractivity contribution in [2.75, 3.05) is 18.6 Å². The van der Waals surface area contributed by atoms with Crippen LogP contribution in [0.25, 0.3) is 0 Å². The molecule has 3 amide bonds. The van der Waals surface area contributed by atoms with Gasteiger partial charge in [-0.05, 0) is 71.1 Å². The highest BCUT2D eigenvalue weighted by Gasteiger charge is 2.68. The summed E-state index contributed by atoms with van der Waals surface area (Å²) in [6.45, 7) is 2.62. The smallest absolute Gasteiger partial charge is 0.271 e. The Bertz CT molecular complexity index is 1770. The number of hydrogen-bond donors (Lipinski definition) is 1. The highest BCUT2D eigenvalue weighted by molar-refractivity contribution is 6.25. The number of amides is 3. The molecule has 0 radical (unpaired) electrons. The lowest BCUT2D eigenvalue weighted by Gasteiger charge is -2.52. The third-order valence-electron chi connectivity index (χ3n) is 9.02. The average Bonchev–Trinajstić information content (AvgIpc) is 3.34. The van der Waals surface area contributed by atoms with Crippen LogP contribution in [0.15, 0.2) is 102 Å². The second kappa shape index (κ2) is 10.8. The van der Waals surface area contributed by atoms with Gasteiger partial charge in [0, 0.05) is 17.7 Å². The van der Waals surface area contributed by atoms with E-state index in [1.54, 1.807) is 54.7 Å². The molecule has 4 aromatic rings. The SMILES string of the molecule is CCCOc1ccc(N2C(=O)[C@@H]3C4c5ccccc5C(/C=N\NC(=O)c5cccc(OC)c5)(c5ccccc54)[C@@H]3C2=O)cc1. The molecule has 220 valence electrons. The molecule has 1 saturated heterocycles. The van der Waals surface area contributed by atoms with Gasteiger partial charge in [-0.1, -0.05) is 61.5 Å². The van der Waals surface area contributed by atoms with Crippen LogP contribution >= 0.6 is 0 Å². The van der Waals surface area contributed by atoms with Crippen molar-refractivity contribution >= 4 is 29.6 Å². The van der Waals surface area contributed by atoms with Crippen LogP contribution in [-0.4, -0.2) is 37.7 Å². The summed E-state index contributed by atoms with van der Waals surface area (Å²) in [4.78, 5) is 43.3. The van der Waals surface area contributed by atoms with E-state index in [9.17, 15) is 14.4 Å². The Morgan fingerprint density at radius 2 is 1.57 bits per heavy atom. The number of imide groups is 1. The first-order chi connectivity index (χ1) is 21.5. The molecule has 0 saturated carbocycles. The van der Waals surface area contributed by atoms with E-state index >= 15 is 0 Å². The summed E-state index contributed by atoms with van der Waals surface area (Å²) in [6, 6.07) is 29.8. The second-order valence-electron chi connectivity index (χ2n) is 11.3. The molecule has 4 aromatic carbocycles. The average molecular weight is 586 g/mol. The standard InChI is InChI=1S/C36H31N3O5/c1-3-19-44-24-17-15-23(16-18-24)39-34(41)31-30-26-11-4-6-13-28(26)36(32(31)35(39)42,29-14-7-5-12-27(29)30)21-37-38-33(40)22-9-8-10-25(20-22)43-2/h4-18,20-21,30-32H,3,19H2,1-2H3,(H,38,40)/b37-21-/t30?,31-,32+,36?/m1/s1. The van der Waals surface area contributed by atoms with Gasteiger partial charge in [-0.3, -0.25) is 14.4 Å². The van der Waals surface area contributed by atoms with Crippen LogP contribution < -0.4 is 19.8 Å². The molecule has 0 unspecified atom stereocenters. The minimum Gasteiger partial charge on any atom is -0.497 e. The predicted octanol–water partition coefficient (Wildman–Crippen LogP) is 5.45. The Hall–Kier alpha value is -5.24. The van der Waals surface area contributed by atoms with Gasteiger partial charge in [0.25, 0.3) is 5.91 Å². The van der Waals surface area contributed by atoms with Crippen LogP contribution in [0, 0.1) is 11.8 Å². The number of hydrazone groups is 1. The largest absolute Gasteiger partial charge is 0.497 e. The lowest BCUT2D eigenvalue weighted by atomic mass is 9.47. The number of ether oxygens (including phenoxy) is 2. The lowest BCUT2D eigenvalue weighted by molar-refractivity contribution is -0.122. The molecule has 8 nitrogen and oxygen atoms in total. The fraction of sp³-hybridized carbons (Fsp3) is 0.222. The lowest BCUT2D eigenvalue weighted by Crippen LogP contribution is -2.54. The number of rotatable bonds is 8. The number of carbonyl (C=O) groups is 3. The molecule has 1 fully saturated rings. The van der Waals surface area contributed by atoms with Crippen molar-refractivity contribution in [1.82, 2.24) is 5.43 Å². The number of nitrogens with zero attached hydrogens (tertiary/aromatic N) is 2. The zero-order chi connectivity index (χ0) is 30.4. The Balaban J connectivity index is 1.33. The van der Waals surface area contributed by atoms with Gasteiger partial charge in [0.1, 0.15) is 11.5 Å². The van der Waals surface area contributed by atoms with Crippen LogP contribution in [0.5, 0.6) is 11.5 Å². The maximum atomic E-state index is 14.5. The van der Waals surface area contributed by atoms with E-state index < -0.39 is 23.2 Å². The highest BCUT2D eigenvalue weighted by atomic mass is 16.5. The van der Waals surface area contributed by atoms with Crippen LogP contribution in [0.4, 0.5) is 5.69 Å². The van der Waals surface area contributed by atoms with Crippen molar-refractivity contribution in [2.24, 2.45) is 16.9 Å². The first kappa shape index (κ1) is 27.6. The van der Waals surface area contributed by atoms with E-state index in [1.807, 2.05) is 55.5 Å². The first-order valence-corrected chi connectivity index (χ1v) is 14.8. The van der Waals surface area contributed by atoms with Gasteiger partial charge in [0.15, 0.2) is 0 Å². The minimum absolute atomic E-state index is 0.241. The summed E-state index contributed by atoms with van der Waals surface area (Å²) in [7, 11) is 1.54. The second-order valence-corrected chi connectivity index (χ2v) is 11.3. The van der Waals surface area contributed by atoms with Crippen LogP contribution in [0.1, 0.15) is 51.9 Å². The van der Waals surface area contributed by atoms with Gasteiger partial charge in [-0.15, -0.1) is 0 Å². The minimum atomic E-state index is -1.08. The summed E-state index contributed by atoms with van der Waals surface area (Å²) in [5.41, 5.74) is 6.27. The van der Waals surface area contributed by atoms with Crippen LogP contribution in [0.3, 0.4) is 0 Å². The van der Waals surface area contributed by atoms with Crippen molar-refractivity contribution in [3.8, 4) is 11.5 Å². The molecule has 2 atom stereocenters. The third-order valence-corrected chi connectivity index (χ3v) is 9.02. The summed E-state index contributed by atoms with van der Waals surface area (Å²) in [6.07, 6.45) is 2.53. The summed E-state index contributed by atoms with van der Waals surface area (Å²) < 4.78 is 11.0. The molecule has 4 aliphatic rings. The van der Waals surface area contributed by atoms with E-state index in [2.05, 4.69) is 10.5 Å². The Labute approximate surface area is 255 Å². The van der Waals surface area contributed by atoms with Crippen LogP contribution in [-0.2, 0) is 15.0 Å². The predicted molar refractivity (Wildman–Crippen MR) is 166 cm³/mol. The molecule has 0 aromatic heterocycles.